The number of carboxylic acids is 1. The van der Waals surface area contributed by atoms with Gasteiger partial charge < -0.3 is 10.4 Å². The lowest BCUT2D eigenvalue weighted by Crippen LogP contribution is -2.57. The van der Waals surface area contributed by atoms with Gasteiger partial charge in [-0.15, -0.1) is 11.3 Å². The zero-order valence-electron chi connectivity index (χ0n) is 11.8. The lowest BCUT2D eigenvalue weighted by molar-refractivity contribution is -0.153. The molecule has 1 fully saturated rings. The maximum atomic E-state index is 12.1. The van der Waals surface area contributed by atoms with Crippen LogP contribution in [-0.4, -0.2) is 40.5 Å². The molecule has 1 saturated heterocycles. The summed E-state index contributed by atoms with van der Waals surface area (Å²) in [5.41, 5.74) is -0.573. The van der Waals surface area contributed by atoms with Crippen molar-refractivity contribution in [2.45, 2.75) is 31.7 Å². The van der Waals surface area contributed by atoms with Crippen molar-refractivity contribution in [2.75, 3.05) is 18.4 Å². The van der Waals surface area contributed by atoms with Crippen LogP contribution in [0, 0.1) is 11.3 Å². The van der Waals surface area contributed by atoms with Crippen molar-refractivity contribution in [1.82, 2.24) is 4.90 Å². The second kappa shape index (κ2) is 6.24. The molecule has 0 aromatic carbocycles. The van der Waals surface area contributed by atoms with E-state index >= 15 is 0 Å². The number of anilines is 1. The third kappa shape index (κ3) is 3.23. The first-order valence-corrected chi connectivity index (χ1v) is 7.61. The van der Waals surface area contributed by atoms with Crippen LogP contribution in [0.5, 0.6) is 0 Å². The minimum Gasteiger partial charge on any atom is -0.480 e. The van der Waals surface area contributed by atoms with E-state index in [0.29, 0.717) is 23.5 Å². The summed E-state index contributed by atoms with van der Waals surface area (Å²) in [6.45, 7) is 2.27. The van der Waals surface area contributed by atoms with Crippen LogP contribution in [0.4, 0.5) is 5.00 Å². The fourth-order valence-corrected chi connectivity index (χ4v) is 3.26. The summed E-state index contributed by atoms with van der Waals surface area (Å²) in [5, 5.41) is 23.3. The topological polar surface area (TPSA) is 93.4 Å². The first-order chi connectivity index (χ1) is 9.97. The number of nitrogens with zero attached hydrogens (tertiary/aromatic N) is 2. The number of carboxylic acid groups (broad SMARTS) is 1. The Morgan fingerprint density at radius 3 is 3.00 bits per heavy atom. The molecule has 2 rings (SSSR count). The Hall–Kier alpha value is -1.91. The zero-order valence-corrected chi connectivity index (χ0v) is 12.6. The molecule has 6 nitrogen and oxygen atoms in total. The van der Waals surface area contributed by atoms with E-state index < -0.39 is 11.5 Å². The van der Waals surface area contributed by atoms with Gasteiger partial charge in [-0.25, -0.2) is 0 Å². The molecular formula is C14H17N3O3S. The molecule has 7 heteroatoms. The van der Waals surface area contributed by atoms with E-state index in [-0.39, 0.29) is 12.5 Å². The molecule has 0 spiro atoms. The van der Waals surface area contributed by atoms with Crippen molar-refractivity contribution >= 4 is 28.2 Å². The van der Waals surface area contributed by atoms with Gasteiger partial charge >= 0.3 is 5.97 Å². The average molecular weight is 307 g/mol. The van der Waals surface area contributed by atoms with Crippen LogP contribution in [0.15, 0.2) is 11.4 Å². The van der Waals surface area contributed by atoms with Crippen LogP contribution in [0.3, 0.4) is 0 Å². The van der Waals surface area contributed by atoms with Crippen molar-refractivity contribution in [3.63, 3.8) is 0 Å². The van der Waals surface area contributed by atoms with Gasteiger partial charge in [0.25, 0.3) is 0 Å². The molecule has 2 N–H and O–H groups in total. The number of aliphatic carboxylic acids is 1. The third-order valence-corrected chi connectivity index (χ3v) is 4.70. The van der Waals surface area contributed by atoms with Crippen molar-refractivity contribution in [2.24, 2.45) is 0 Å². The van der Waals surface area contributed by atoms with Gasteiger partial charge in [-0.1, -0.05) is 0 Å². The molecule has 1 aromatic rings. The Bertz CT molecular complexity index is 593. The lowest BCUT2D eigenvalue weighted by Gasteiger charge is -2.41. The molecule has 1 aliphatic rings. The fraction of sp³-hybridized carbons (Fsp3) is 0.500. The predicted octanol–water partition coefficient (Wildman–Crippen LogP) is 1.89. The molecule has 0 aliphatic carbocycles. The van der Waals surface area contributed by atoms with Gasteiger partial charge in [0.05, 0.1) is 12.1 Å². The summed E-state index contributed by atoms with van der Waals surface area (Å²) in [6.07, 6.45) is 2.28. The van der Waals surface area contributed by atoms with E-state index in [1.54, 1.807) is 23.3 Å². The number of amides is 1. The van der Waals surface area contributed by atoms with Crippen LogP contribution in [0.1, 0.15) is 31.7 Å². The van der Waals surface area contributed by atoms with Gasteiger partial charge in [0, 0.05) is 0 Å². The molecular weight excluding hydrogens is 290 g/mol. The Kier molecular flexibility index (Phi) is 4.60. The Morgan fingerprint density at radius 2 is 2.33 bits per heavy atom. The van der Waals surface area contributed by atoms with E-state index in [1.165, 1.54) is 11.3 Å². The smallest absolute Gasteiger partial charge is 0.323 e. The van der Waals surface area contributed by atoms with Crippen molar-refractivity contribution in [3.05, 3.63) is 17.0 Å². The van der Waals surface area contributed by atoms with E-state index in [9.17, 15) is 14.7 Å². The molecule has 1 amide bonds. The largest absolute Gasteiger partial charge is 0.480 e. The van der Waals surface area contributed by atoms with E-state index in [0.717, 1.165) is 12.8 Å². The normalized spacial score (nSPS) is 22.5. The van der Waals surface area contributed by atoms with Crippen molar-refractivity contribution < 1.29 is 14.7 Å². The molecule has 21 heavy (non-hydrogen) atoms. The number of rotatable bonds is 4. The Labute approximate surface area is 127 Å². The predicted molar refractivity (Wildman–Crippen MR) is 79.1 cm³/mol. The molecule has 1 aromatic heterocycles. The molecule has 1 unspecified atom stereocenters. The SMILES string of the molecule is CC1(C(=O)O)CCCCN1CC(=O)Nc1sccc1C#N. The second-order valence-electron chi connectivity index (χ2n) is 5.28. The molecule has 0 radical (unpaired) electrons. The highest BCUT2D eigenvalue weighted by molar-refractivity contribution is 7.14. The van der Waals surface area contributed by atoms with Gasteiger partial charge in [0.2, 0.25) is 5.91 Å². The standard InChI is InChI=1S/C14H17N3O3S/c1-14(13(19)20)5-2-3-6-17(14)9-11(18)16-12-10(8-15)4-7-21-12/h4,7H,2-3,5-6,9H2,1H3,(H,16,18)(H,19,20). The van der Waals surface area contributed by atoms with E-state index in [4.69, 9.17) is 5.26 Å². The minimum atomic E-state index is -0.997. The number of hydrogen-bond acceptors (Lipinski definition) is 5. The maximum Gasteiger partial charge on any atom is 0.323 e. The molecule has 1 aliphatic heterocycles. The van der Waals surface area contributed by atoms with Crippen LogP contribution < -0.4 is 5.32 Å². The number of nitrogens with one attached hydrogen (secondary N) is 1. The van der Waals surface area contributed by atoms with Crippen molar-refractivity contribution in [1.29, 1.82) is 5.26 Å². The number of nitriles is 1. The first kappa shape index (κ1) is 15.5. The molecule has 0 bridgehead atoms. The van der Waals surface area contributed by atoms with Crippen molar-refractivity contribution in [3.8, 4) is 6.07 Å². The maximum absolute atomic E-state index is 12.1. The zero-order chi connectivity index (χ0) is 15.5. The van der Waals surface area contributed by atoms with Gasteiger partial charge in [0.15, 0.2) is 0 Å². The number of carbonyl (C=O) groups is 2. The van der Waals surface area contributed by atoms with Gasteiger partial charge in [-0.3, -0.25) is 14.5 Å². The Morgan fingerprint density at radius 1 is 1.57 bits per heavy atom. The summed E-state index contributed by atoms with van der Waals surface area (Å²) >= 11 is 1.28. The van der Waals surface area contributed by atoms with E-state index in [2.05, 4.69) is 5.32 Å². The van der Waals surface area contributed by atoms with E-state index in [1.807, 2.05) is 6.07 Å². The average Bonchev–Trinajstić information content (AvgIpc) is 2.88. The molecule has 0 saturated carbocycles. The van der Waals surface area contributed by atoms with Crippen LogP contribution >= 0.6 is 11.3 Å². The highest BCUT2D eigenvalue weighted by Crippen LogP contribution is 2.28. The number of carbonyl (C=O) groups excluding carboxylic acids is 1. The third-order valence-electron chi connectivity index (χ3n) is 3.87. The van der Waals surface area contributed by atoms with Crippen LogP contribution in [0.25, 0.3) is 0 Å². The molecule has 1 atom stereocenters. The Balaban J connectivity index is 2.04. The number of thiophene rings is 1. The summed E-state index contributed by atoms with van der Waals surface area (Å²) < 4.78 is 0. The van der Waals surface area contributed by atoms with Gasteiger partial charge in [-0.05, 0) is 44.2 Å². The highest BCUT2D eigenvalue weighted by Gasteiger charge is 2.41. The quantitative estimate of drug-likeness (QED) is 0.886. The van der Waals surface area contributed by atoms with Crippen LogP contribution in [-0.2, 0) is 9.59 Å². The number of likely N-dealkylation sites (tertiary alicyclic amines) is 1. The van der Waals surface area contributed by atoms with Crippen LogP contribution in [0.2, 0.25) is 0 Å². The summed E-state index contributed by atoms with van der Waals surface area (Å²) in [6, 6.07) is 3.65. The molecule has 2 heterocycles. The summed E-state index contributed by atoms with van der Waals surface area (Å²) in [5.74, 6) is -1.19. The number of piperidine rings is 1. The van der Waals surface area contributed by atoms with Gasteiger partial charge in [0.1, 0.15) is 16.6 Å². The first-order valence-electron chi connectivity index (χ1n) is 6.73. The summed E-state index contributed by atoms with van der Waals surface area (Å²) in [7, 11) is 0. The number of hydrogen-bond donors (Lipinski definition) is 2. The minimum absolute atomic E-state index is 0.0194. The fourth-order valence-electron chi connectivity index (χ4n) is 2.51. The molecule has 112 valence electrons. The van der Waals surface area contributed by atoms with Gasteiger partial charge in [-0.2, -0.15) is 5.26 Å². The monoisotopic (exact) mass is 307 g/mol. The second-order valence-corrected chi connectivity index (χ2v) is 6.20. The lowest BCUT2D eigenvalue weighted by atomic mass is 9.88. The summed E-state index contributed by atoms with van der Waals surface area (Å²) in [4.78, 5) is 25.3. The highest BCUT2D eigenvalue weighted by atomic mass is 32.1.